The smallest absolute Gasteiger partial charge is 0.256 e. The van der Waals surface area contributed by atoms with Crippen molar-refractivity contribution in [2.45, 2.75) is 40.5 Å². The van der Waals surface area contributed by atoms with E-state index in [0.29, 0.717) is 36.1 Å². The summed E-state index contributed by atoms with van der Waals surface area (Å²) in [4.78, 5) is 36.8. The molecule has 0 aromatic heterocycles. The van der Waals surface area contributed by atoms with Crippen molar-refractivity contribution in [1.29, 1.82) is 0 Å². The summed E-state index contributed by atoms with van der Waals surface area (Å²) in [6.07, 6.45) is 3.24. The minimum Gasteiger partial charge on any atom is -0.355 e. The van der Waals surface area contributed by atoms with Gasteiger partial charge in [0.1, 0.15) is 5.57 Å². The Kier molecular flexibility index (Phi) is 9.99. The van der Waals surface area contributed by atoms with Gasteiger partial charge in [0.15, 0.2) is 0 Å². The fourth-order valence-corrected chi connectivity index (χ4v) is 2.42. The highest BCUT2D eigenvalue weighted by Gasteiger charge is 2.18. The van der Waals surface area contributed by atoms with Crippen LogP contribution in [0.15, 0.2) is 29.8 Å². The second kappa shape index (κ2) is 12.0. The number of carbonyl (C=O) groups is 3. The molecule has 3 amide bonds. The third-order valence-electron chi connectivity index (χ3n) is 4.21. The number of rotatable bonds is 10. The van der Waals surface area contributed by atoms with E-state index in [1.54, 1.807) is 37.4 Å². The molecule has 0 aliphatic heterocycles. The third kappa shape index (κ3) is 8.37. The molecule has 3 N–H and O–H groups in total. The van der Waals surface area contributed by atoms with Crippen LogP contribution in [0, 0.1) is 11.8 Å². The predicted octanol–water partition coefficient (Wildman–Crippen LogP) is 2.75. The molecular formula is C22H33N3O3. The van der Waals surface area contributed by atoms with E-state index in [1.165, 1.54) is 0 Å². The lowest BCUT2D eigenvalue weighted by Gasteiger charge is -2.12. The first-order chi connectivity index (χ1) is 13.2. The van der Waals surface area contributed by atoms with Gasteiger partial charge in [-0.15, -0.1) is 0 Å². The van der Waals surface area contributed by atoms with Crippen LogP contribution < -0.4 is 16.0 Å². The lowest BCUT2D eigenvalue weighted by Crippen LogP contribution is -2.36. The summed E-state index contributed by atoms with van der Waals surface area (Å²) in [6.45, 7) is 9.35. The molecule has 0 unspecified atom stereocenters. The molecule has 0 radical (unpaired) electrons. The molecule has 0 aliphatic carbocycles. The van der Waals surface area contributed by atoms with Gasteiger partial charge in [0, 0.05) is 25.7 Å². The van der Waals surface area contributed by atoms with Crippen molar-refractivity contribution in [2.75, 3.05) is 20.1 Å². The van der Waals surface area contributed by atoms with Crippen molar-refractivity contribution in [3.05, 3.63) is 41.0 Å². The first kappa shape index (κ1) is 23.4. The normalized spacial score (nSPS) is 10.5. The molecule has 1 rings (SSSR count). The Hall–Kier alpha value is -2.63. The molecular weight excluding hydrogens is 354 g/mol. The van der Waals surface area contributed by atoms with E-state index in [9.17, 15) is 14.4 Å². The summed E-state index contributed by atoms with van der Waals surface area (Å²) in [7, 11) is 1.57. The third-order valence-corrected chi connectivity index (χ3v) is 4.21. The molecule has 6 nitrogen and oxygen atoms in total. The monoisotopic (exact) mass is 387 g/mol. The lowest BCUT2D eigenvalue weighted by molar-refractivity contribution is -0.123. The molecule has 0 fully saturated rings. The summed E-state index contributed by atoms with van der Waals surface area (Å²) in [5, 5.41) is 8.20. The van der Waals surface area contributed by atoms with Gasteiger partial charge >= 0.3 is 0 Å². The van der Waals surface area contributed by atoms with Gasteiger partial charge in [0.25, 0.3) is 17.7 Å². The minimum absolute atomic E-state index is 0.0696. The first-order valence-corrected chi connectivity index (χ1v) is 9.84. The van der Waals surface area contributed by atoms with E-state index in [2.05, 4.69) is 43.6 Å². The van der Waals surface area contributed by atoms with Crippen molar-refractivity contribution in [3.63, 3.8) is 0 Å². The Morgan fingerprint density at radius 2 is 1.32 bits per heavy atom. The van der Waals surface area contributed by atoms with Crippen LogP contribution in [0.2, 0.25) is 0 Å². The van der Waals surface area contributed by atoms with Gasteiger partial charge in [-0.2, -0.15) is 0 Å². The summed E-state index contributed by atoms with van der Waals surface area (Å²) in [6, 6.07) is 6.76. The molecule has 0 atom stereocenters. The molecule has 28 heavy (non-hydrogen) atoms. The standard InChI is InChI=1S/C22H33N3O3/c1-15(2)10-12-24-21(27)19(22(28)25-13-11-16(3)4)14-17-6-8-18(9-7-17)20(26)23-5/h6-9,14-16H,10-13H2,1-5H3,(H,23,26)(H,24,27)(H,25,28). The average Bonchev–Trinajstić information content (AvgIpc) is 2.65. The predicted molar refractivity (Wildman–Crippen MR) is 113 cm³/mol. The highest BCUT2D eigenvalue weighted by Crippen LogP contribution is 2.11. The van der Waals surface area contributed by atoms with E-state index >= 15 is 0 Å². The fourth-order valence-electron chi connectivity index (χ4n) is 2.42. The van der Waals surface area contributed by atoms with Crippen molar-refractivity contribution >= 4 is 23.8 Å². The zero-order chi connectivity index (χ0) is 21.1. The van der Waals surface area contributed by atoms with E-state index in [0.717, 1.165) is 12.8 Å². The Labute approximate surface area is 168 Å². The largest absolute Gasteiger partial charge is 0.355 e. The number of nitrogens with one attached hydrogen (secondary N) is 3. The maximum Gasteiger partial charge on any atom is 0.256 e. The van der Waals surface area contributed by atoms with Crippen molar-refractivity contribution < 1.29 is 14.4 Å². The first-order valence-electron chi connectivity index (χ1n) is 9.84. The van der Waals surface area contributed by atoms with Crippen LogP contribution in [0.3, 0.4) is 0 Å². The van der Waals surface area contributed by atoms with Crippen LogP contribution in [0.25, 0.3) is 6.08 Å². The second-order valence-corrected chi connectivity index (χ2v) is 7.64. The van der Waals surface area contributed by atoms with Crippen LogP contribution in [0.1, 0.15) is 56.5 Å². The van der Waals surface area contributed by atoms with Crippen molar-refractivity contribution in [2.24, 2.45) is 11.8 Å². The Morgan fingerprint density at radius 1 is 0.857 bits per heavy atom. The minimum atomic E-state index is -0.391. The van der Waals surface area contributed by atoms with Crippen LogP contribution in [0.4, 0.5) is 0 Å². The zero-order valence-electron chi connectivity index (χ0n) is 17.6. The highest BCUT2D eigenvalue weighted by molar-refractivity contribution is 6.21. The Morgan fingerprint density at radius 3 is 1.71 bits per heavy atom. The molecule has 0 bridgehead atoms. The molecule has 0 saturated carbocycles. The van der Waals surface area contributed by atoms with E-state index in [1.807, 2.05) is 0 Å². The maximum atomic E-state index is 12.6. The van der Waals surface area contributed by atoms with Crippen LogP contribution in [-0.2, 0) is 9.59 Å². The quantitative estimate of drug-likeness (QED) is 0.328. The molecule has 6 heteroatoms. The molecule has 0 saturated heterocycles. The van der Waals surface area contributed by atoms with Gasteiger partial charge in [-0.1, -0.05) is 39.8 Å². The van der Waals surface area contributed by atoms with E-state index in [4.69, 9.17) is 0 Å². The summed E-state index contributed by atoms with van der Waals surface area (Å²) in [5.74, 6) is -0.0422. The summed E-state index contributed by atoms with van der Waals surface area (Å²) >= 11 is 0. The van der Waals surface area contributed by atoms with E-state index in [-0.39, 0.29) is 11.5 Å². The Bertz CT molecular complexity index is 663. The molecule has 1 aromatic carbocycles. The van der Waals surface area contributed by atoms with Crippen molar-refractivity contribution in [1.82, 2.24) is 16.0 Å². The zero-order valence-corrected chi connectivity index (χ0v) is 17.6. The average molecular weight is 388 g/mol. The number of amides is 3. The van der Waals surface area contributed by atoms with Crippen LogP contribution in [0.5, 0.6) is 0 Å². The SMILES string of the molecule is CNC(=O)c1ccc(C=C(C(=O)NCCC(C)C)C(=O)NCCC(C)C)cc1. The van der Waals surface area contributed by atoms with E-state index < -0.39 is 11.8 Å². The Balaban J connectivity index is 2.97. The second-order valence-electron chi connectivity index (χ2n) is 7.64. The maximum absolute atomic E-state index is 12.6. The number of hydrogen-bond donors (Lipinski definition) is 3. The highest BCUT2D eigenvalue weighted by atomic mass is 16.2. The van der Waals surface area contributed by atoms with Crippen molar-refractivity contribution in [3.8, 4) is 0 Å². The van der Waals surface area contributed by atoms with Gasteiger partial charge in [-0.25, -0.2) is 0 Å². The van der Waals surface area contributed by atoms with Gasteiger partial charge in [0.05, 0.1) is 0 Å². The van der Waals surface area contributed by atoms with Gasteiger partial charge < -0.3 is 16.0 Å². The van der Waals surface area contributed by atoms with Gasteiger partial charge in [-0.3, -0.25) is 14.4 Å². The molecule has 0 spiro atoms. The van der Waals surface area contributed by atoms with Gasteiger partial charge in [-0.05, 0) is 48.4 Å². The summed E-state index contributed by atoms with van der Waals surface area (Å²) < 4.78 is 0. The number of carbonyl (C=O) groups excluding carboxylic acids is 3. The molecule has 0 heterocycles. The lowest BCUT2D eigenvalue weighted by atomic mass is 10.1. The number of hydrogen-bond acceptors (Lipinski definition) is 3. The molecule has 0 aliphatic rings. The fraction of sp³-hybridized carbons (Fsp3) is 0.500. The summed E-state index contributed by atoms with van der Waals surface area (Å²) in [5.41, 5.74) is 1.27. The molecule has 154 valence electrons. The molecule has 1 aromatic rings. The number of benzene rings is 1. The van der Waals surface area contributed by atoms with Gasteiger partial charge in [0.2, 0.25) is 0 Å². The topological polar surface area (TPSA) is 87.3 Å². The van der Waals surface area contributed by atoms with Crippen LogP contribution in [-0.4, -0.2) is 37.9 Å². The van der Waals surface area contributed by atoms with Crippen LogP contribution >= 0.6 is 0 Å².